The van der Waals surface area contributed by atoms with Crippen LogP contribution in [0.25, 0.3) is 15.6 Å². The Morgan fingerprint density at radius 2 is 1.50 bits per heavy atom. The number of nitrogens with one attached hydrogen (secondary N) is 2. The molecule has 0 radical (unpaired) electrons. The number of ether oxygens (including phenoxy) is 2. The van der Waals surface area contributed by atoms with Gasteiger partial charge in [-0.05, 0) is 102 Å². The van der Waals surface area contributed by atoms with Crippen LogP contribution >= 0.6 is 7.60 Å². The zero-order valence-electron chi connectivity index (χ0n) is 37.7. The monoisotopic (exact) mass is 933 g/mol. The van der Waals surface area contributed by atoms with Gasteiger partial charge >= 0.3 is 25.2 Å². The maximum Gasteiger partial charge on any atom is 0.410 e. The molecule has 16 nitrogen and oxygen atoms in total. The third-order valence-electron chi connectivity index (χ3n) is 12.7. The van der Waals surface area contributed by atoms with E-state index in [9.17, 15) is 33.3 Å². The number of carbonyl (C=O) groups is 6. The molecule has 2 N–H and O–H groups in total. The highest BCUT2D eigenvalue weighted by atomic mass is 31.2. The molecule has 352 valence electrons. The fourth-order valence-electron chi connectivity index (χ4n) is 9.00. The summed E-state index contributed by atoms with van der Waals surface area (Å²) in [6, 6.07) is 11.7. The van der Waals surface area contributed by atoms with Crippen molar-refractivity contribution in [3.05, 3.63) is 88.8 Å². The van der Waals surface area contributed by atoms with Crippen molar-refractivity contribution in [3.63, 3.8) is 0 Å². The van der Waals surface area contributed by atoms with Crippen molar-refractivity contribution in [2.24, 2.45) is 10.8 Å². The van der Waals surface area contributed by atoms with Crippen molar-refractivity contribution in [1.29, 1.82) is 0 Å². The van der Waals surface area contributed by atoms with E-state index in [4.69, 9.17) is 25.1 Å². The molecule has 0 unspecified atom stereocenters. The minimum absolute atomic E-state index is 0.0143. The van der Waals surface area contributed by atoms with Gasteiger partial charge in [-0.25, -0.2) is 6.57 Å². The average Bonchev–Trinajstić information content (AvgIpc) is 3.95. The molecule has 1 spiro atoms. The number of hydrogen-bond donors (Lipinski definition) is 2. The Bertz CT molecular complexity index is 2520. The number of alkyl halides is 2. The van der Waals surface area contributed by atoms with E-state index in [0.717, 1.165) is 18.6 Å². The number of anilines is 1. The number of hydrogen-bond acceptors (Lipinski definition) is 11. The summed E-state index contributed by atoms with van der Waals surface area (Å²) in [5.41, 5.74) is -7.32. The molecule has 19 heteroatoms. The lowest BCUT2D eigenvalue weighted by atomic mass is 9.77. The predicted octanol–water partition coefficient (Wildman–Crippen LogP) is 7.26. The largest absolute Gasteiger partial charge is 0.438 e. The Morgan fingerprint density at radius 1 is 0.864 bits per heavy atom. The van der Waals surface area contributed by atoms with E-state index in [1.807, 2.05) is 0 Å². The maximum absolute atomic E-state index is 16.4. The van der Waals surface area contributed by atoms with Crippen molar-refractivity contribution in [2.75, 3.05) is 32.0 Å². The van der Waals surface area contributed by atoms with Crippen LogP contribution in [0.2, 0.25) is 0 Å². The van der Waals surface area contributed by atoms with E-state index < -0.39 is 90.5 Å². The standard InChI is InChI=1S/C47H54F2N5O11P/c1-44(2,3)42(59)62-26-64-66(61,65-27-63-43(60)45(4,5)6)47(48,49)31-19-18-28-16-17-29(22-30(28)23-31)38(55)51-35-15-10-8-12-32-20-21-36(54(32)39(35)56)40(57)53-24-37(50-7)46(25-53)33-13-9-11-14-34(33)52-41(46)58/h9,11,13-14,16-19,22-23,32,35-37H,8,10,12,15,20-21,24-27H2,1-6H3,(H,51,55)(H,52,58)/t32-,35-,36-,37-,46-/m0/s1. The average molecular weight is 934 g/mol. The smallest absolute Gasteiger partial charge is 0.410 e. The van der Waals surface area contributed by atoms with Crippen LogP contribution in [0.5, 0.6) is 0 Å². The van der Waals surface area contributed by atoms with E-state index in [1.165, 1.54) is 70.7 Å². The molecule has 3 fully saturated rings. The fraction of sp³-hybridized carbons (Fsp3) is 0.511. The fourth-order valence-corrected chi connectivity index (χ4v) is 10.2. The predicted molar refractivity (Wildman–Crippen MR) is 236 cm³/mol. The number of halogens is 2. The molecule has 0 aliphatic carbocycles. The quantitative estimate of drug-likeness (QED) is 0.0852. The number of nitrogens with zero attached hydrogens (tertiary/aromatic N) is 3. The summed E-state index contributed by atoms with van der Waals surface area (Å²) in [6.07, 6.45) is 3.20. The molecule has 4 heterocycles. The van der Waals surface area contributed by atoms with Gasteiger partial charge in [0.2, 0.25) is 31.3 Å². The Hall–Kier alpha value is -5.76. The number of amides is 4. The summed E-state index contributed by atoms with van der Waals surface area (Å²) < 4.78 is 66.7. The van der Waals surface area contributed by atoms with Gasteiger partial charge in [0.05, 0.1) is 17.4 Å². The molecule has 4 aliphatic rings. The van der Waals surface area contributed by atoms with Crippen molar-refractivity contribution in [2.45, 2.75) is 115 Å². The van der Waals surface area contributed by atoms with Crippen LogP contribution in [0.1, 0.15) is 102 Å². The summed E-state index contributed by atoms with van der Waals surface area (Å²) in [4.78, 5) is 87.9. The maximum atomic E-state index is 16.4. The van der Waals surface area contributed by atoms with Gasteiger partial charge in [0.25, 0.3) is 11.9 Å². The van der Waals surface area contributed by atoms with Gasteiger partial charge in [0.15, 0.2) is 5.41 Å². The minimum atomic E-state index is -5.63. The van der Waals surface area contributed by atoms with Crippen LogP contribution < -0.4 is 10.6 Å². The first-order chi connectivity index (χ1) is 31.0. The lowest BCUT2D eigenvalue weighted by Crippen LogP contribution is -2.57. The molecule has 5 atom stereocenters. The van der Waals surface area contributed by atoms with E-state index >= 15 is 8.78 Å². The number of fused-ring (bicyclic) bond motifs is 4. The molecular weight excluding hydrogens is 880 g/mol. The van der Waals surface area contributed by atoms with Gasteiger partial charge in [0.1, 0.15) is 12.1 Å². The second-order valence-electron chi connectivity index (χ2n) is 19.3. The number of esters is 2. The number of benzene rings is 3. The number of carbonyl (C=O) groups excluding carboxylic acids is 6. The van der Waals surface area contributed by atoms with Gasteiger partial charge < -0.3 is 34.8 Å². The van der Waals surface area contributed by atoms with Crippen molar-refractivity contribution in [3.8, 4) is 0 Å². The molecule has 0 bridgehead atoms. The molecular formula is C47H54F2N5O11P. The van der Waals surface area contributed by atoms with E-state index in [0.29, 0.717) is 42.3 Å². The van der Waals surface area contributed by atoms with Gasteiger partial charge in [0, 0.05) is 35.0 Å². The van der Waals surface area contributed by atoms with Crippen molar-refractivity contribution < 1.29 is 60.6 Å². The number of rotatable bonds is 11. The first kappa shape index (κ1) is 48.2. The van der Waals surface area contributed by atoms with Crippen LogP contribution in [0.15, 0.2) is 60.7 Å². The Balaban J connectivity index is 1.09. The lowest BCUT2D eigenvalue weighted by Gasteiger charge is -2.36. The van der Waals surface area contributed by atoms with Gasteiger partial charge in [-0.2, -0.15) is 8.78 Å². The minimum Gasteiger partial charge on any atom is -0.438 e. The van der Waals surface area contributed by atoms with Gasteiger partial charge in [-0.15, -0.1) is 0 Å². The van der Waals surface area contributed by atoms with Crippen LogP contribution in [0, 0.1) is 17.4 Å². The van der Waals surface area contributed by atoms with Crippen LogP contribution in [0.3, 0.4) is 0 Å². The Morgan fingerprint density at radius 3 is 2.15 bits per heavy atom. The molecule has 0 saturated carbocycles. The van der Waals surface area contributed by atoms with Crippen LogP contribution in [-0.2, 0) is 58.1 Å². The van der Waals surface area contributed by atoms with Crippen molar-refractivity contribution in [1.82, 2.24) is 15.1 Å². The van der Waals surface area contributed by atoms with E-state index in [1.54, 1.807) is 29.2 Å². The topological polar surface area (TPSA) is 191 Å². The molecule has 7 rings (SSSR count). The molecule has 3 saturated heterocycles. The van der Waals surface area contributed by atoms with Gasteiger partial charge in [-0.3, -0.25) is 42.4 Å². The third-order valence-corrected chi connectivity index (χ3v) is 14.5. The Kier molecular flexibility index (Phi) is 13.2. The second kappa shape index (κ2) is 18.1. The summed E-state index contributed by atoms with van der Waals surface area (Å²) in [5, 5.41) is 6.24. The molecule has 3 aromatic rings. The highest BCUT2D eigenvalue weighted by molar-refractivity contribution is 7.54. The number of para-hydroxylation sites is 1. The summed E-state index contributed by atoms with van der Waals surface area (Å²) in [5.74, 6) is -3.50. The van der Waals surface area contributed by atoms with Crippen LogP contribution in [0.4, 0.5) is 14.5 Å². The molecule has 4 aliphatic heterocycles. The molecule has 66 heavy (non-hydrogen) atoms. The molecule has 0 aromatic heterocycles. The normalized spacial score (nSPS) is 23.4. The van der Waals surface area contributed by atoms with E-state index in [-0.39, 0.29) is 48.3 Å². The highest BCUT2D eigenvalue weighted by Crippen LogP contribution is 2.67. The van der Waals surface area contributed by atoms with E-state index in [2.05, 4.69) is 15.5 Å². The second-order valence-corrected chi connectivity index (χ2v) is 21.4. The zero-order chi connectivity index (χ0) is 48.0. The summed E-state index contributed by atoms with van der Waals surface area (Å²) >= 11 is 0. The van der Waals surface area contributed by atoms with Crippen LogP contribution in [-0.4, -0.2) is 96.2 Å². The number of likely N-dealkylation sites (tertiary alicyclic amines) is 1. The summed E-state index contributed by atoms with van der Waals surface area (Å²) in [6.45, 7) is 14.7. The molecule has 3 aromatic carbocycles. The first-order valence-electron chi connectivity index (χ1n) is 21.9. The van der Waals surface area contributed by atoms with Crippen molar-refractivity contribution >= 4 is 59.6 Å². The third kappa shape index (κ3) is 9.05. The SMILES string of the molecule is [C-]#[N+][C@H]1CN(C(=O)[C@@H]2CC[C@@H]3CCCC[C@H](NC(=O)c4ccc5ccc(C(F)(F)P(=O)(OCOC(=O)C(C)(C)C)OCOC(=O)C(C)(C)C)cc5c4)C(=O)N32)C[C@@]12C(=O)Nc1ccccc12. The summed E-state index contributed by atoms with van der Waals surface area (Å²) in [7, 11) is -5.63. The Labute approximate surface area is 381 Å². The molecule has 4 amide bonds. The zero-order valence-corrected chi connectivity index (χ0v) is 38.6. The highest BCUT2D eigenvalue weighted by Gasteiger charge is 2.63. The first-order valence-corrected chi connectivity index (χ1v) is 23.4. The van der Waals surface area contributed by atoms with Gasteiger partial charge in [-0.1, -0.05) is 49.2 Å². The lowest BCUT2D eigenvalue weighted by molar-refractivity contribution is -0.163.